The Balaban J connectivity index is 1.65. The summed E-state index contributed by atoms with van der Waals surface area (Å²) in [5.41, 5.74) is 4.42. The summed E-state index contributed by atoms with van der Waals surface area (Å²) in [5.74, 6) is 1.06. The van der Waals surface area contributed by atoms with E-state index in [1.165, 1.54) is 0 Å². The van der Waals surface area contributed by atoms with Crippen molar-refractivity contribution in [1.82, 2.24) is 14.8 Å². The van der Waals surface area contributed by atoms with Gasteiger partial charge in [-0.15, -0.1) is 0 Å². The molecule has 0 spiro atoms. The molecule has 0 unspecified atom stereocenters. The number of methoxy groups -OCH3 is 1. The first-order valence-corrected chi connectivity index (χ1v) is 9.29. The second-order valence-corrected chi connectivity index (χ2v) is 6.48. The van der Waals surface area contributed by atoms with Gasteiger partial charge in [0.05, 0.1) is 32.1 Å². The van der Waals surface area contributed by atoms with Gasteiger partial charge in [0.1, 0.15) is 0 Å². The van der Waals surface area contributed by atoms with E-state index in [1.807, 2.05) is 49.0 Å². The van der Waals surface area contributed by atoms with Crippen molar-refractivity contribution in [2.75, 3.05) is 18.6 Å². The van der Waals surface area contributed by atoms with E-state index in [9.17, 15) is 4.79 Å². The third-order valence-corrected chi connectivity index (χ3v) is 4.81. The number of ether oxygens (including phenoxy) is 2. The smallest absolute Gasteiger partial charge is 0.259 e. The molecule has 3 heterocycles. The molecule has 0 radical (unpaired) electrons. The molecule has 0 bridgehead atoms. The second-order valence-electron chi connectivity index (χ2n) is 6.48. The second kappa shape index (κ2) is 7.34. The molecule has 144 valence electrons. The third-order valence-electron chi connectivity index (χ3n) is 4.81. The minimum absolute atomic E-state index is 0.0000596. The van der Waals surface area contributed by atoms with Crippen LogP contribution in [0.4, 0.5) is 5.69 Å². The summed E-state index contributed by atoms with van der Waals surface area (Å²) >= 11 is 0. The maximum absolute atomic E-state index is 12.8. The zero-order chi connectivity index (χ0) is 19.7. The number of rotatable bonds is 6. The zero-order valence-corrected chi connectivity index (χ0v) is 16.2. The van der Waals surface area contributed by atoms with Crippen molar-refractivity contribution in [2.24, 2.45) is 0 Å². The van der Waals surface area contributed by atoms with Crippen LogP contribution >= 0.6 is 0 Å². The molecule has 7 heteroatoms. The molecule has 7 nitrogen and oxygen atoms in total. The molecule has 3 aromatic rings. The Labute approximate surface area is 163 Å². The van der Waals surface area contributed by atoms with Crippen molar-refractivity contribution in [2.45, 2.75) is 26.9 Å². The Morgan fingerprint density at radius 1 is 1.14 bits per heavy atom. The van der Waals surface area contributed by atoms with Crippen LogP contribution in [0.3, 0.4) is 0 Å². The lowest BCUT2D eigenvalue weighted by Gasteiger charge is -2.12. The molecule has 0 atom stereocenters. The number of aromatic nitrogens is 3. The monoisotopic (exact) mass is 378 g/mol. The number of carbonyl (C=O) groups excluding carboxylic acids is 1. The molecule has 0 saturated carbocycles. The predicted molar refractivity (Wildman–Crippen MR) is 106 cm³/mol. The van der Waals surface area contributed by atoms with E-state index in [4.69, 9.17) is 9.47 Å². The first-order valence-electron chi connectivity index (χ1n) is 9.29. The van der Waals surface area contributed by atoms with Crippen LogP contribution in [0.1, 0.15) is 29.8 Å². The lowest BCUT2D eigenvalue weighted by molar-refractivity contribution is 0.0996. The minimum Gasteiger partial charge on any atom is -0.488 e. The number of carbonyl (C=O) groups is 1. The van der Waals surface area contributed by atoms with Crippen LogP contribution in [0.2, 0.25) is 0 Å². The molecule has 1 amide bonds. The first-order chi connectivity index (χ1) is 13.6. The highest BCUT2D eigenvalue weighted by Gasteiger charge is 2.29. The summed E-state index contributed by atoms with van der Waals surface area (Å²) < 4.78 is 12.7. The van der Waals surface area contributed by atoms with Crippen molar-refractivity contribution in [3.05, 3.63) is 54.0 Å². The summed E-state index contributed by atoms with van der Waals surface area (Å²) in [6.45, 7) is 5.76. The summed E-state index contributed by atoms with van der Waals surface area (Å²) in [7, 11) is 1.57. The number of nitrogens with zero attached hydrogens (tertiary/aromatic N) is 4. The molecule has 0 aliphatic carbocycles. The zero-order valence-electron chi connectivity index (χ0n) is 16.2. The average Bonchev–Trinajstić information content (AvgIpc) is 3.32. The summed E-state index contributed by atoms with van der Waals surface area (Å²) in [6, 6.07) is 7.77. The van der Waals surface area contributed by atoms with E-state index >= 15 is 0 Å². The van der Waals surface area contributed by atoms with Crippen LogP contribution in [0.5, 0.6) is 11.6 Å². The molecule has 0 saturated heterocycles. The van der Waals surface area contributed by atoms with Gasteiger partial charge in [-0.25, -0.2) is 4.98 Å². The Morgan fingerprint density at radius 3 is 2.71 bits per heavy atom. The molecular weight excluding hydrogens is 356 g/mol. The number of aryl methyl sites for hydroxylation is 1. The van der Waals surface area contributed by atoms with Gasteiger partial charge in [-0.1, -0.05) is 6.07 Å². The Morgan fingerprint density at radius 2 is 2.00 bits per heavy atom. The summed E-state index contributed by atoms with van der Waals surface area (Å²) in [6.07, 6.45) is 5.38. The lowest BCUT2D eigenvalue weighted by atomic mass is 10.0. The Kier molecular flexibility index (Phi) is 4.73. The van der Waals surface area contributed by atoms with Crippen LogP contribution in [0.15, 0.2) is 42.9 Å². The van der Waals surface area contributed by atoms with Crippen molar-refractivity contribution in [3.8, 4) is 22.8 Å². The third kappa shape index (κ3) is 3.09. The van der Waals surface area contributed by atoms with Crippen molar-refractivity contribution >= 4 is 11.6 Å². The molecule has 4 rings (SSSR count). The van der Waals surface area contributed by atoms with Crippen molar-refractivity contribution in [1.29, 1.82) is 0 Å². The molecule has 28 heavy (non-hydrogen) atoms. The van der Waals surface area contributed by atoms with E-state index in [-0.39, 0.29) is 5.91 Å². The number of hydrogen-bond acceptors (Lipinski definition) is 5. The van der Waals surface area contributed by atoms with Gasteiger partial charge in [0.2, 0.25) is 0 Å². The predicted octanol–water partition coefficient (Wildman–Crippen LogP) is 3.53. The van der Waals surface area contributed by atoms with E-state index in [0.717, 1.165) is 34.5 Å². The fourth-order valence-electron chi connectivity index (χ4n) is 3.38. The molecule has 1 aromatic carbocycles. The van der Waals surface area contributed by atoms with E-state index < -0.39 is 0 Å². The summed E-state index contributed by atoms with van der Waals surface area (Å²) in [5, 5.41) is 4.27. The van der Waals surface area contributed by atoms with Gasteiger partial charge in [-0.2, -0.15) is 5.10 Å². The van der Waals surface area contributed by atoms with Crippen molar-refractivity contribution in [3.63, 3.8) is 0 Å². The standard InChI is InChI=1S/C21H22N4O3/c1-4-24-13-17(11-23-24)25-12-16-8-14(6-7-18(16)21(25)26)15-9-19(28-5-2)20(27-3)22-10-15/h6-11,13H,4-5,12H2,1-3H3. The number of pyridine rings is 1. The highest BCUT2D eigenvalue weighted by molar-refractivity contribution is 6.10. The number of benzene rings is 1. The van der Waals surface area contributed by atoms with E-state index in [0.29, 0.717) is 24.8 Å². The van der Waals surface area contributed by atoms with Gasteiger partial charge in [0.15, 0.2) is 5.75 Å². The van der Waals surface area contributed by atoms with E-state index in [2.05, 4.69) is 10.1 Å². The number of fused-ring (bicyclic) bond motifs is 1. The van der Waals surface area contributed by atoms with Crippen LogP contribution in [-0.2, 0) is 13.1 Å². The van der Waals surface area contributed by atoms with Gasteiger partial charge in [0, 0.05) is 30.1 Å². The maximum atomic E-state index is 12.8. The number of anilines is 1. The molecular formula is C21H22N4O3. The van der Waals surface area contributed by atoms with E-state index in [1.54, 1.807) is 24.4 Å². The largest absolute Gasteiger partial charge is 0.488 e. The van der Waals surface area contributed by atoms with Gasteiger partial charge in [-0.3, -0.25) is 9.48 Å². The SMILES string of the molecule is CCOc1cc(-c2ccc3c(c2)CN(c2cnn(CC)c2)C3=O)cnc1OC. The van der Waals surface area contributed by atoms with Crippen molar-refractivity contribution < 1.29 is 14.3 Å². The lowest BCUT2D eigenvalue weighted by Crippen LogP contribution is -2.22. The van der Waals surface area contributed by atoms with Crippen LogP contribution < -0.4 is 14.4 Å². The molecule has 0 fully saturated rings. The van der Waals surface area contributed by atoms with Gasteiger partial charge < -0.3 is 14.4 Å². The quantitative estimate of drug-likeness (QED) is 0.656. The minimum atomic E-state index is 0.0000596. The maximum Gasteiger partial charge on any atom is 0.259 e. The highest BCUT2D eigenvalue weighted by atomic mass is 16.5. The molecule has 1 aliphatic heterocycles. The molecule has 0 N–H and O–H groups in total. The van der Waals surface area contributed by atoms with Crippen LogP contribution in [-0.4, -0.2) is 34.4 Å². The molecule has 1 aliphatic rings. The Hall–Kier alpha value is -3.35. The first kappa shape index (κ1) is 18.0. The fraction of sp³-hybridized carbons (Fsp3) is 0.286. The van der Waals surface area contributed by atoms with Crippen LogP contribution in [0, 0.1) is 0 Å². The Bertz CT molecular complexity index is 1030. The van der Waals surface area contributed by atoms with Gasteiger partial charge in [-0.05, 0) is 43.2 Å². The average molecular weight is 378 g/mol. The summed E-state index contributed by atoms with van der Waals surface area (Å²) in [4.78, 5) is 18.9. The number of hydrogen-bond donors (Lipinski definition) is 0. The van der Waals surface area contributed by atoms with Gasteiger partial charge in [0.25, 0.3) is 11.8 Å². The highest BCUT2D eigenvalue weighted by Crippen LogP contribution is 2.34. The van der Waals surface area contributed by atoms with Crippen LogP contribution in [0.25, 0.3) is 11.1 Å². The van der Waals surface area contributed by atoms with Gasteiger partial charge >= 0.3 is 0 Å². The topological polar surface area (TPSA) is 69.5 Å². The molecule has 2 aromatic heterocycles. The number of amides is 1. The normalized spacial score (nSPS) is 13.0. The fourth-order valence-corrected chi connectivity index (χ4v) is 3.38.